The van der Waals surface area contributed by atoms with Gasteiger partial charge in [-0.3, -0.25) is 4.90 Å². The molecule has 1 fully saturated rings. The van der Waals surface area contributed by atoms with Gasteiger partial charge in [0.15, 0.2) is 0 Å². The number of rotatable bonds is 9. The van der Waals surface area contributed by atoms with Crippen LogP contribution in [0.4, 0.5) is 0 Å². The summed E-state index contributed by atoms with van der Waals surface area (Å²) in [6.45, 7) is 10.3. The first-order valence-corrected chi connectivity index (χ1v) is 8.67. The Morgan fingerprint density at radius 2 is 1.74 bits per heavy atom. The van der Waals surface area contributed by atoms with Crippen molar-refractivity contribution in [1.82, 2.24) is 4.90 Å². The van der Waals surface area contributed by atoms with E-state index in [9.17, 15) is 0 Å². The van der Waals surface area contributed by atoms with E-state index >= 15 is 0 Å². The third-order valence-electron chi connectivity index (χ3n) is 5.11. The molecule has 0 heterocycles. The first kappa shape index (κ1) is 17.0. The van der Waals surface area contributed by atoms with Gasteiger partial charge < -0.3 is 5.73 Å². The third-order valence-corrected chi connectivity index (χ3v) is 5.11. The monoisotopic (exact) mass is 268 g/mol. The fourth-order valence-electron chi connectivity index (χ4n) is 3.70. The molecule has 0 aromatic rings. The Bertz CT molecular complexity index is 221. The van der Waals surface area contributed by atoms with Gasteiger partial charge in [0, 0.05) is 12.1 Å². The molecular formula is C17H36N2. The van der Waals surface area contributed by atoms with Crippen LogP contribution in [0.15, 0.2) is 0 Å². The molecule has 1 saturated carbocycles. The quantitative estimate of drug-likeness (QED) is 0.679. The molecule has 19 heavy (non-hydrogen) atoms. The summed E-state index contributed by atoms with van der Waals surface area (Å²) < 4.78 is 0. The van der Waals surface area contributed by atoms with Crippen LogP contribution in [0.25, 0.3) is 0 Å². The lowest BCUT2D eigenvalue weighted by molar-refractivity contribution is 0.0323. The third kappa shape index (κ3) is 4.75. The minimum atomic E-state index is 0.323. The van der Waals surface area contributed by atoms with Gasteiger partial charge in [-0.1, -0.05) is 52.9 Å². The summed E-state index contributed by atoms with van der Waals surface area (Å²) >= 11 is 0. The summed E-state index contributed by atoms with van der Waals surface area (Å²) in [6.07, 6.45) is 12.0. The van der Waals surface area contributed by atoms with Crippen LogP contribution in [0, 0.1) is 5.92 Å². The highest BCUT2D eigenvalue weighted by Crippen LogP contribution is 2.38. The number of hydrogen-bond acceptors (Lipinski definition) is 2. The van der Waals surface area contributed by atoms with Crippen molar-refractivity contribution in [2.75, 3.05) is 19.6 Å². The molecule has 2 atom stereocenters. The summed E-state index contributed by atoms with van der Waals surface area (Å²) in [4.78, 5) is 2.77. The zero-order chi connectivity index (χ0) is 14.1. The molecule has 114 valence electrons. The van der Waals surface area contributed by atoms with Crippen LogP contribution in [-0.4, -0.2) is 30.1 Å². The lowest BCUT2D eigenvalue weighted by Gasteiger charge is -2.48. The molecular weight excluding hydrogens is 232 g/mol. The first-order chi connectivity index (χ1) is 9.22. The van der Waals surface area contributed by atoms with Gasteiger partial charge in [0.1, 0.15) is 0 Å². The van der Waals surface area contributed by atoms with E-state index in [1.165, 1.54) is 70.9 Å². The molecule has 1 aliphatic carbocycles. The Morgan fingerprint density at radius 1 is 1.11 bits per heavy atom. The van der Waals surface area contributed by atoms with Crippen LogP contribution in [0.3, 0.4) is 0 Å². The van der Waals surface area contributed by atoms with Crippen LogP contribution < -0.4 is 5.73 Å². The second kappa shape index (κ2) is 8.97. The molecule has 2 N–H and O–H groups in total. The lowest BCUT2D eigenvalue weighted by Crippen LogP contribution is -2.56. The largest absolute Gasteiger partial charge is 0.329 e. The van der Waals surface area contributed by atoms with E-state index in [-0.39, 0.29) is 0 Å². The highest BCUT2D eigenvalue weighted by molar-refractivity contribution is 4.96. The molecule has 1 aliphatic rings. The topological polar surface area (TPSA) is 29.3 Å². The minimum absolute atomic E-state index is 0.323. The van der Waals surface area contributed by atoms with Crippen LogP contribution in [0.1, 0.15) is 78.6 Å². The summed E-state index contributed by atoms with van der Waals surface area (Å²) in [5.41, 5.74) is 6.58. The minimum Gasteiger partial charge on any atom is -0.329 e. The molecule has 0 bridgehead atoms. The Balaban J connectivity index is 2.73. The molecule has 2 unspecified atom stereocenters. The standard InChI is InChI=1S/C17H36N2/c1-4-7-12-19(13-8-5-2)17(15-18)11-9-10-16(6-3)14-17/h16H,4-15,18H2,1-3H3. The van der Waals surface area contributed by atoms with E-state index in [0.29, 0.717) is 5.54 Å². The maximum absolute atomic E-state index is 6.26. The average molecular weight is 268 g/mol. The van der Waals surface area contributed by atoms with Crippen molar-refractivity contribution in [3.63, 3.8) is 0 Å². The molecule has 0 amide bonds. The number of nitrogens with zero attached hydrogens (tertiary/aromatic N) is 1. The highest BCUT2D eigenvalue weighted by atomic mass is 15.2. The molecule has 2 nitrogen and oxygen atoms in total. The van der Waals surface area contributed by atoms with Gasteiger partial charge in [-0.05, 0) is 44.7 Å². The van der Waals surface area contributed by atoms with Gasteiger partial charge in [-0.2, -0.15) is 0 Å². The average Bonchev–Trinajstić information content (AvgIpc) is 2.47. The Labute approximate surface area is 121 Å². The van der Waals surface area contributed by atoms with Crippen molar-refractivity contribution < 1.29 is 0 Å². The summed E-state index contributed by atoms with van der Waals surface area (Å²) in [5.74, 6) is 0.906. The second-order valence-corrected chi connectivity index (χ2v) is 6.49. The van der Waals surface area contributed by atoms with E-state index in [1.54, 1.807) is 0 Å². The van der Waals surface area contributed by atoms with Crippen LogP contribution in [-0.2, 0) is 0 Å². The van der Waals surface area contributed by atoms with Gasteiger partial charge in [-0.25, -0.2) is 0 Å². The SMILES string of the molecule is CCCCN(CCCC)C1(CN)CCCC(CC)C1. The molecule has 2 heteroatoms. The van der Waals surface area contributed by atoms with Crippen LogP contribution in [0.2, 0.25) is 0 Å². The van der Waals surface area contributed by atoms with Crippen molar-refractivity contribution in [1.29, 1.82) is 0 Å². The summed E-state index contributed by atoms with van der Waals surface area (Å²) in [6, 6.07) is 0. The van der Waals surface area contributed by atoms with Gasteiger partial charge in [0.05, 0.1) is 0 Å². The number of nitrogens with two attached hydrogens (primary N) is 1. The molecule has 0 radical (unpaired) electrons. The normalized spacial score (nSPS) is 27.9. The van der Waals surface area contributed by atoms with Crippen LogP contribution in [0.5, 0.6) is 0 Å². The number of hydrogen-bond donors (Lipinski definition) is 1. The van der Waals surface area contributed by atoms with Crippen molar-refractivity contribution >= 4 is 0 Å². The maximum atomic E-state index is 6.26. The molecule has 0 aromatic heterocycles. The van der Waals surface area contributed by atoms with E-state index in [2.05, 4.69) is 25.7 Å². The van der Waals surface area contributed by atoms with E-state index in [4.69, 9.17) is 5.73 Å². The fraction of sp³-hybridized carbons (Fsp3) is 1.00. The van der Waals surface area contributed by atoms with Gasteiger partial charge >= 0.3 is 0 Å². The molecule has 0 saturated heterocycles. The van der Waals surface area contributed by atoms with Crippen molar-refractivity contribution in [3.8, 4) is 0 Å². The Hall–Kier alpha value is -0.0800. The van der Waals surface area contributed by atoms with Crippen molar-refractivity contribution in [3.05, 3.63) is 0 Å². The zero-order valence-electron chi connectivity index (χ0n) is 13.6. The van der Waals surface area contributed by atoms with Gasteiger partial charge in [0.25, 0.3) is 0 Å². The Kier molecular flexibility index (Phi) is 8.01. The summed E-state index contributed by atoms with van der Waals surface area (Å²) in [7, 11) is 0. The van der Waals surface area contributed by atoms with Gasteiger partial charge in [-0.15, -0.1) is 0 Å². The van der Waals surface area contributed by atoms with E-state index < -0.39 is 0 Å². The summed E-state index contributed by atoms with van der Waals surface area (Å²) in [5, 5.41) is 0. The van der Waals surface area contributed by atoms with Crippen molar-refractivity contribution in [2.45, 2.75) is 84.1 Å². The molecule has 0 spiro atoms. The predicted octanol–water partition coefficient (Wildman–Crippen LogP) is 4.19. The van der Waals surface area contributed by atoms with Gasteiger partial charge in [0.2, 0.25) is 0 Å². The van der Waals surface area contributed by atoms with E-state index in [1.807, 2.05) is 0 Å². The zero-order valence-corrected chi connectivity index (χ0v) is 13.6. The molecule has 0 aliphatic heterocycles. The second-order valence-electron chi connectivity index (χ2n) is 6.49. The number of unbranched alkanes of at least 4 members (excludes halogenated alkanes) is 2. The maximum Gasteiger partial charge on any atom is 0.0334 e. The smallest absolute Gasteiger partial charge is 0.0334 e. The Morgan fingerprint density at radius 3 is 2.21 bits per heavy atom. The van der Waals surface area contributed by atoms with Crippen molar-refractivity contribution in [2.24, 2.45) is 11.7 Å². The molecule has 0 aromatic carbocycles. The predicted molar refractivity (Wildman–Crippen MR) is 85.4 cm³/mol. The highest BCUT2D eigenvalue weighted by Gasteiger charge is 2.39. The fourth-order valence-corrected chi connectivity index (χ4v) is 3.70. The van der Waals surface area contributed by atoms with E-state index in [0.717, 1.165) is 12.5 Å². The van der Waals surface area contributed by atoms with Crippen LogP contribution >= 0.6 is 0 Å². The first-order valence-electron chi connectivity index (χ1n) is 8.67. The lowest BCUT2D eigenvalue weighted by atomic mass is 9.73. The molecule has 1 rings (SSSR count).